The number of hydrogen-bond acceptors (Lipinski definition) is 6. The van der Waals surface area contributed by atoms with E-state index in [1.165, 1.54) is 11.3 Å². The summed E-state index contributed by atoms with van der Waals surface area (Å²) >= 11 is 1.35. The fourth-order valence-corrected chi connectivity index (χ4v) is 3.92. The first-order chi connectivity index (χ1) is 14.5. The van der Waals surface area contributed by atoms with Crippen molar-refractivity contribution in [1.82, 2.24) is 4.98 Å². The molecule has 0 saturated heterocycles. The molecule has 158 valence electrons. The van der Waals surface area contributed by atoms with Gasteiger partial charge in [-0.25, -0.2) is 4.98 Å². The predicted octanol–water partition coefficient (Wildman–Crippen LogP) is 5.49. The molecule has 1 amide bonds. The van der Waals surface area contributed by atoms with Gasteiger partial charge in [-0.3, -0.25) is 4.79 Å². The molecule has 0 bridgehead atoms. The van der Waals surface area contributed by atoms with Crippen LogP contribution in [0, 0.1) is 13.8 Å². The van der Waals surface area contributed by atoms with Crippen LogP contribution in [-0.2, 0) is 0 Å². The number of nitrogens with zero attached hydrogens (tertiary/aromatic N) is 1. The molecule has 0 saturated carbocycles. The zero-order valence-electron chi connectivity index (χ0n) is 17.9. The highest BCUT2D eigenvalue weighted by Gasteiger charge is 2.18. The lowest BCUT2D eigenvalue weighted by Crippen LogP contribution is -2.12. The van der Waals surface area contributed by atoms with Gasteiger partial charge in [0.1, 0.15) is 15.6 Å². The highest BCUT2D eigenvalue weighted by Crippen LogP contribution is 2.35. The van der Waals surface area contributed by atoms with E-state index in [9.17, 15) is 4.79 Å². The average molecular weight is 427 g/mol. The van der Waals surface area contributed by atoms with Crippen LogP contribution in [0.15, 0.2) is 36.4 Å². The third-order valence-corrected chi connectivity index (χ3v) is 5.76. The molecule has 0 aliphatic heterocycles. The van der Waals surface area contributed by atoms with Crippen LogP contribution >= 0.6 is 11.3 Å². The fraction of sp³-hybridized carbons (Fsp3) is 0.304. The molecule has 0 radical (unpaired) electrons. The lowest BCUT2D eigenvalue weighted by molar-refractivity contribution is 0.102. The number of thiazole rings is 1. The summed E-state index contributed by atoms with van der Waals surface area (Å²) in [5.41, 5.74) is 3.25. The number of carbonyl (C=O) groups is 1. The van der Waals surface area contributed by atoms with Gasteiger partial charge >= 0.3 is 0 Å². The molecule has 3 rings (SSSR count). The first kappa shape index (κ1) is 21.6. The van der Waals surface area contributed by atoms with E-state index in [4.69, 9.17) is 14.2 Å². The first-order valence-electron chi connectivity index (χ1n) is 9.71. The summed E-state index contributed by atoms with van der Waals surface area (Å²) in [6.45, 7) is 6.52. The van der Waals surface area contributed by atoms with Gasteiger partial charge in [0, 0.05) is 11.3 Å². The number of amides is 1. The fourth-order valence-electron chi connectivity index (χ4n) is 2.97. The molecule has 0 aliphatic carbocycles. The van der Waals surface area contributed by atoms with Gasteiger partial charge in [-0.05, 0) is 62.2 Å². The molecule has 6 nitrogen and oxygen atoms in total. The zero-order chi connectivity index (χ0) is 21.7. The van der Waals surface area contributed by atoms with Crippen LogP contribution in [0.4, 0.5) is 5.69 Å². The molecule has 0 atom stereocenters. The monoisotopic (exact) mass is 426 g/mol. The molecule has 0 spiro atoms. The largest absolute Gasteiger partial charge is 0.494 e. The van der Waals surface area contributed by atoms with Crippen LogP contribution in [0.3, 0.4) is 0 Å². The van der Waals surface area contributed by atoms with Gasteiger partial charge < -0.3 is 19.5 Å². The SMILES string of the molecule is CCCOc1ccc(NC(=O)c2sc(-c3ccc(OC)c(OC)c3)nc2C)c(C)c1. The van der Waals surface area contributed by atoms with Crippen molar-refractivity contribution in [3.8, 4) is 27.8 Å². The molecule has 3 aromatic rings. The predicted molar refractivity (Wildman–Crippen MR) is 120 cm³/mol. The minimum Gasteiger partial charge on any atom is -0.494 e. The van der Waals surface area contributed by atoms with E-state index in [1.807, 2.05) is 50.2 Å². The third kappa shape index (κ3) is 4.74. The third-order valence-electron chi connectivity index (χ3n) is 4.55. The molecule has 30 heavy (non-hydrogen) atoms. The maximum Gasteiger partial charge on any atom is 0.267 e. The van der Waals surface area contributed by atoms with Crippen LogP contribution in [0.1, 0.15) is 34.3 Å². The molecule has 1 heterocycles. The van der Waals surface area contributed by atoms with Crippen molar-refractivity contribution in [2.24, 2.45) is 0 Å². The summed E-state index contributed by atoms with van der Waals surface area (Å²) < 4.78 is 16.3. The summed E-state index contributed by atoms with van der Waals surface area (Å²) in [4.78, 5) is 18.1. The average Bonchev–Trinajstić information content (AvgIpc) is 3.15. The van der Waals surface area contributed by atoms with Gasteiger partial charge in [-0.15, -0.1) is 11.3 Å². The summed E-state index contributed by atoms with van der Waals surface area (Å²) in [5.74, 6) is 1.89. The second-order valence-electron chi connectivity index (χ2n) is 6.78. The Morgan fingerprint density at radius 2 is 1.83 bits per heavy atom. The molecule has 1 N–H and O–H groups in total. The standard InChI is InChI=1S/C23H26N2O4S/c1-6-11-29-17-8-9-18(14(2)12-17)25-22(26)21-15(3)24-23(30-21)16-7-10-19(27-4)20(13-16)28-5/h7-10,12-13H,6,11H2,1-5H3,(H,25,26). The Hall–Kier alpha value is -3.06. The van der Waals surface area contributed by atoms with Gasteiger partial charge in [-0.1, -0.05) is 6.92 Å². The Kier molecular flexibility index (Phi) is 6.95. The lowest BCUT2D eigenvalue weighted by atomic mass is 10.2. The Labute approximate surface area is 180 Å². The second kappa shape index (κ2) is 9.63. The number of aromatic nitrogens is 1. The molecule has 0 aliphatic rings. The molecule has 2 aromatic carbocycles. The Morgan fingerprint density at radius 1 is 1.07 bits per heavy atom. The smallest absolute Gasteiger partial charge is 0.267 e. The minimum absolute atomic E-state index is 0.179. The zero-order valence-corrected chi connectivity index (χ0v) is 18.7. The summed E-state index contributed by atoms with van der Waals surface area (Å²) in [7, 11) is 3.19. The number of nitrogens with one attached hydrogen (secondary N) is 1. The molecular formula is C23H26N2O4S. The lowest BCUT2D eigenvalue weighted by Gasteiger charge is -2.10. The van der Waals surface area contributed by atoms with Crippen LogP contribution in [0.25, 0.3) is 10.6 Å². The van der Waals surface area contributed by atoms with Crippen molar-refractivity contribution in [3.63, 3.8) is 0 Å². The molecular weight excluding hydrogens is 400 g/mol. The van der Waals surface area contributed by atoms with Crippen LogP contribution < -0.4 is 19.5 Å². The van der Waals surface area contributed by atoms with Crippen molar-refractivity contribution in [2.75, 3.05) is 26.1 Å². The van der Waals surface area contributed by atoms with Gasteiger partial charge in [0.25, 0.3) is 5.91 Å². The topological polar surface area (TPSA) is 69.7 Å². The summed E-state index contributed by atoms with van der Waals surface area (Å²) in [6, 6.07) is 11.3. The maximum absolute atomic E-state index is 12.9. The van der Waals surface area contributed by atoms with E-state index in [0.717, 1.165) is 34.0 Å². The first-order valence-corrected chi connectivity index (χ1v) is 10.5. The number of ether oxygens (including phenoxy) is 3. The van der Waals surface area contributed by atoms with Crippen molar-refractivity contribution >= 4 is 22.9 Å². The molecule has 0 fully saturated rings. The van der Waals surface area contributed by atoms with Gasteiger partial charge in [0.05, 0.1) is 26.5 Å². The van der Waals surface area contributed by atoms with E-state index in [0.29, 0.717) is 28.7 Å². The van der Waals surface area contributed by atoms with E-state index in [1.54, 1.807) is 14.2 Å². The number of methoxy groups -OCH3 is 2. The van der Waals surface area contributed by atoms with Gasteiger partial charge in [-0.2, -0.15) is 0 Å². The molecule has 0 unspecified atom stereocenters. The van der Waals surface area contributed by atoms with Crippen molar-refractivity contribution in [3.05, 3.63) is 52.5 Å². The van der Waals surface area contributed by atoms with E-state index < -0.39 is 0 Å². The minimum atomic E-state index is -0.179. The van der Waals surface area contributed by atoms with Crippen molar-refractivity contribution in [2.45, 2.75) is 27.2 Å². The second-order valence-corrected chi connectivity index (χ2v) is 7.78. The molecule has 7 heteroatoms. The Bertz CT molecular complexity index is 1050. The van der Waals surface area contributed by atoms with Crippen molar-refractivity contribution < 1.29 is 19.0 Å². The number of carbonyl (C=O) groups excluding carboxylic acids is 1. The van der Waals surface area contributed by atoms with Gasteiger partial charge in [0.2, 0.25) is 0 Å². The van der Waals surface area contributed by atoms with Crippen LogP contribution in [-0.4, -0.2) is 31.7 Å². The number of benzene rings is 2. The van der Waals surface area contributed by atoms with Crippen LogP contribution in [0.5, 0.6) is 17.2 Å². The molecule has 1 aromatic heterocycles. The van der Waals surface area contributed by atoms with Crippen molar-refractivity contribution in [1.29, 1.82) is 0 Å². The van der Waals surface area contributed by atoms with Crippen LogP contribution in [0.2, 0.25) is 0 Å². The quantitative estimate of drug-likeness (QED) is 0.516. The Morgan fingerprint density at radius 3 is 2.50 bits per heavy atom. The van der Waals surface area contributed by atoms with E-state index >= 15 is 0 Å². The highest BCUT2D eigenvalue weighted by molar-refractivity contribution is 7.17. The highest BCUT2D eigenvalue weighted by atomic mass is 32.1. The normalized spacial score (nSPS) is 10.6. The summed E-state index contributed by atoms with van der Waals surface area (Å²) in [6.07, 6.45) is 0.949. The van der Waals surface area contributed by atoms with E-state index in [2.05, 4.69) is 17.2 Å². The number of anilines is 1. The van der Waals surface area contributed by atoms with E-state index in [-0.39, 0.29) is 5.91 Å². The summed E-state index contributed by atoms with van der Waals surface area (Å²) in [5, 5.41) is 3.74. The number of hydrogen-bond donors (Lipinski definition) is 1. The number of rotatable bonds is 8. The maximum atomic E-state index is 12.9. The Balaban J connectivity index is 1.81. The van der Waals surface area contributed by atoms with Gasteiger partial charge in [0.15, 0.2) is 11.5 Å². The number of aryl methyl sites for hydroxylation is 2.